The van der Waals surface area contributed by atoms with Gasteiger partial charge in [-0.25, -0.2) is 0 Å². The van der Waals surface area contributed by atoms with E-state index in [1.54, 1.807) is 0 Å². The third-order valence-corrected chi connectivity index (χ3v) is 14.8. The van der Waals surface area contributed by atoms with E-state index >= 15 is 0 Å². The van der Waals surface area contributed by atoms with E-state index in [-0.39, 0.29) is 0 Å². The maximum absolute atomic E-state index is 11.3. The number of rotatable bonds is 7. The average molecular weight is 1130 g/mol. The van der Waals surface area contributed by atoms with Crippen LogP contribution in [0.4, 0.5) is 0 Å². The lowest BCUT2D eigenvalue weighted by Gasteiger charge is -2.50. The smallest absolute Gasteiger partial charge is 0.187 e. The Morgan fingerprint density at radius 3 is 0.351 bits per heavy atom. The van der Waals surface area contributed by atoms with Gasteiger partial charge in [-0.3, -0.25) is 0 Å². The minimum atomic E-state index is -2.21. The highest BCUT2D eigenvalue weighted by atomic mass is 16.8. The SMILES string of the molecule is OCC1O[C@H]2O[C@@H]3C(CO)O[C@@H](O[C@@H]4C(CO)O[C@@H](O[C@@H]5C(CO)O[C@@H](O[C@@H]6C(CO)O[C@@H](O[C@@H]7C(CO)O[C@@H](O[C@@H]8C(CO)O[C@@H](O[C@H]1C(O)C2O)C(O)C8O)C(O)C7O)C(O)C6O)C(O)C5O)C(O)C4O)C(O)C3O. The van der Waals surface area contributed by atoms with Crippen LogP contribution in [-0.4, -0.2) is 368 Å². The molecule has 21 unspecified atom stereocenters. The molecule has 0 radical (unpaired) electrons. The normalized spacial score (nSPS) is 55.4. The van der Waals surface area contributed by atoms with Gasteiger partial charge in [0.1, 0.15) is 171 Å². The van der Waals surface area contributed by atoms with Crippen molar-refractivity contribution in [1.82, 2.24) is 0 Å². The van der Waals surface area contributed by atoms with Gasteiger partial charge < -0.3 is 174 Å². The summed E-state index contributed by atoms with van der Waals surface area (Å²) in [7, 11) is 0. The Morgan fingerprint density at radius 1 is 0.156 bits per heavy atom. The molecule has 21 aliphatic rings. The average Bonchev–Trinajstić information content (AvgIpc) is 3.47. The Balaban J connectivity index is 1.08. The van der Waals surface area contributed by atoms with E-state index in [2.05, 4.69) is 0 Å². The zero-order valence-electron chi connectivity index (χ0n) is 40.3. The van der Waals surface area contributed by atoms with Crippen LogP contribution < -0.4 is 0 Å². The van der Waals surface area contributed by atoms with E-state index in [0.29, 0.717) is 0 Å². The Labute approximate surface area is 434 Å². The molecular weight excluding hydrogens is 1060 g/mol. The van der Waals surface area contributed by atoms with Gasteiger partial charge in [-0.15, -0.1) is 0 Å². The molecule has 21 N–H and O–H groups in total. The standard InChI is InChI=1S/C42H70O35/c43-1-8-29-15(50)22(57)36(64-8)72-30-9(2-44)66-38(24(59)17(30)52)74-32-11(4-46)68-40(26(61)19(32)54)76-34-13(6-48)70-42(28(63)21(34)56)77-35-14(7-49)69-41(27(62)20(35)55)75-33-12(5-47)67-39(25(60)18(33)53)73-31-10(3-45)65-37(71-29)23(58)16(31)51/h8-63H,1-7H2/t8?,9?,10?,11?,12?,13?,14?,15?,16?,17?,18?,19?,20?,21?,22?,23?,24?,25?,26?,27?,28?,29-,30-,31-,32-,33-,34-,35-,36+,37+,38+,39+,40+,41+,42+/m1/s1. The predicted molar refractivity (Wildman–Crippen MR) is 228 cm³/mol. The summed E-state index contributed by atoms with van der Waals surface area (Å²) in [4.78, 5) is 0. The second-order valence-corrected chi connectivity index (χ2v) is 19.7. The maximum Gasteiger partial charge on any atom is 0.187 e. The van der Waals surface area contributed by atoms with E-state index in [4.69, 9.17) is 66.3 Å². The number of aliphatic hydroxyl groups excluding tert-OH is 21. The third kappa shape index (κ3) is 12.1. The van der Waals surface area contributed by atoms with Crippen LogP contribution in [0.3, 0.4) is 0 Å². The first-order valence-electron chi connectivity index (χ1n) is 24.6. The van der Waals surface area contributed by atoms with Gasteiger partial charge >= 0.3 is 0 Å². The molecule has 35 nitrogen and oxygen atoms in total. The molecule has 77 heavy (non-hydrogen) atoms. The van der Waals surface area contributed by atoms with Crippen molar-refractivity contribution in [3.8, 4) is 0 Å². The van der Waals surface area contributed by atoms with Crippen LogP contribution in [0.15, 0.2) is 0 Å². The lowest BCUT2D eigenvalue weighted by Crippen LogP contribution is -2.68. The van der Waals surface area contributed by atoms with Crippen LogP contribution in [0.25, 0.3) is 0 Å². The largest absolute Gasteiger partial charge is 0.394 e. The summed E-state index contributed by atoms with van der Waals surface area (Å²) in [6.45, 7) is -7.33. The van der Waals surface area contributed by atoms with Crippen LogP contribution >= 0.6 is 0 Å². The van der Waals surface area contributed by atoms with Crippen molar-refractivity contribution in [2.24, 2.45) is 0 Å². The minimum Gasteiger partial charge on any atom is -0.394 e. The first kappa shape index (κ1) is 61.7. The van der Waals surface area contributed by atoms with Gasteiger partial charge in [-0.2, -0.15) is 0 Å². The molecule has 0 aromatic carbocycles. The summed E-state index contributed by atoms with van der Waals surface area (Å²) >= 11 is 0. The van der Waals surface area contributed by atoms with E-state index in [0.717, 1.165) is 0 Å². The van der Waals surface area contributed by atoms with Crippen molar-refractivity contribution >= 4 is 0 Å². The fourth-order valence-corrected chi connectivity index (χ4v) is 10.4. The molecule has 0 amide bonds. The molecule has 0 aromatic rings. The van der Waals surface area contributed by atoms with Crippen molar-refractivity contribution in [1.29, 1.82) is 0 Å². The Morgan fingerprint density at radius 2 is 0.260 bits per heavy atom. The fraction of sp³-hybridized carbons (Fsp3) is 1.00. The van der Waals surface area contributed by atoms with E-state index in [1.165, 1.54) is 0 Å². The molecule has 21 fully saturated rings. The molecule has 21 rings (SSSR count). The Kier molecular flexibility index (Phi) is 20.8. The van der Waals surface area contributed by atoms with Crippen LogP contribution in [0.2, 0.25) is 0 Å². The summed E-state index contributed by atoms with van der Waals surface area (Å²) in [5.74, 6) is 0. The van der Waals surface area contributed by atoms with Crippen molar-refractivity contribution in [3.05, 3.63) is 0 Å². The van der Waals surface area contributed by atoms with Gasteiger partial charge in [-0.05, 0) is 0 Å². The van der Waals surface area contributed by atoms with Gasteiger partial charge in [0, 0.05) is 0 Å². The van der Waals surface area contributed by atoms with Gasteiger partial charge in [0.05, 0.1) is 46.2 Å². The van der Waals surface area contributed by atoms with Gasteiger partial charge in [-0.1, -0.05) is 0 Å². The topological polar surface area (TPSA) is 554 Å². The highest BCUT2D eigenvalue weighted by Gasteiger charge is 2.59. The first-order chi connectivity index (χ1) is 36.7. The Bertz CT molecular complexity index is 1470. The Hall–Kier alpha value is -1.40. The molecule has 35 heteroatoms. The molecule has 448 valence electrons. The summed E-state index contributed by atoms with van der Waals surface area (Å²) in [6, 6.07) is 0. The summed E-state index contributed by atoms with van der Waals surface area (Å²) in [5, 5.41) is 230. The van der Waals surface area contributed by atoms with Crippen molar-refractivity contribution in [2.45, 2.75) is 215 Å². The van der Waals surface area contributed by atoms with Crippen LogP contribution in [0.5, 0.6) is 0 Å². The van der Waals surface area contributed by atoms with E-state index < -0.39 is 261 Å². The first-order valence-corrected chi connectivity index (χ1v) is 24.6. The van der Waals surface area contributed by atoms with E-state index in [9.17, 15) is 107 Å². The summed E-state index contributed by atoms with van der Waals surface area (Å²) in [5.41, 5.74) is 0. The molecule has 21 aliphatic heterocycles. The molecule has 14 bridgehead atoms. The highest BCUT2D eigenvalue weighted by molar-refractivity contribution is 5.01. The summed E-state index contributed by atoms with van der Waals surface area (Å²) in [6.07, 6.45) is -70.2. The lowest BCUT2D eigenvalue weighted by atomic mass is 9.95. The second kappa shape index (κ2) is 26.0. The molecule has 0 aliphatic carbocycles. The van der Waals surface area contributed by atoms with Gasteiger partial charge in [0.25, 0.3) is 0 Å². The highest BCUT2D eigenvalue weighted by Crippen LogP contribution is 2.39. The monoisotopic (exact) mass is 1130 g/mol. The van der Waals surface area contributed by atoms with Crippen molar-refractivity contribution in [2.75, 3.05) is 46.2 Å². The number of hydrogen-bond acceptors (Lipinski definition) is 35. The second-order valence-electron chi connectivity index (χ2n) is 19.7. The summed E-state index contributed by atoms with van der Waals surface area (Å²) < 4.78 is 79.5. The third-order valence-electron chi connectivity index (χ3n) is 14.8. The van der Waals surface area contributed by atoms with Crippen molar-refractivity contribution in [3.63, 3.8) is 0 Å². The lowest BCUT2D eigenvalue weighted by molar-refractivity contribution is -0.396. The maximum atomic E-state index is 11.3. The predicted octanol–water partition coefficient (Wildman–Crippen LogP) is -15.2. The minimum absolute atomic E-state index is 1.05. The molecule has 0 saturated carbocycles. The quantitative estimate of drug-likeness (QED) is 0.113. The fourth-order valence-electron chi connectivity index (χ4n) is 10.4. The zero-order chi connectivity index (χ0) is 56.1. The van der Waals surface area contributed by atoms with Crippen molar-refractivity contribution < 1.29 is 174 Å². The van der Waals surface area contributed by atoms with Crippen LogP contribution in [0.1, 0.15) is 0 Å². The van der Waals surface area contributed by atoms with Crippen LogP contribution in [0, 0.1) is 0 Å². The molecular formula is C42H70O35. The van der Waals surface area contributed by atoms with Crippen LogP contribution in [-0.2, 0) is 66.3 Å². The molecule has 0 aromatic heterocycles. The molecule has 35 atom stereocenters. The number of ether oxygens (including phenoxy) is 14. The number of hydrogen-bond donors (Lipinski definition) is 21. The molecule has 21 saturated heterocycles. The zero-order valence-corrected chi connectivity index (χ0v) is 40.3. The molecule has 0 spiro atoms. The molecule has 21 heterocycles. The van der Waals surface area contributed by atoms with Gasteiger partial charge in [0.2, 0.25) is 0 Å². The number of aliphatic hydroxyl groups is 21. The van der Waals surface area contributed by atoms with Gasteiger partial charge in [0.15, 0.2) is 44.0 Å². The van der Waals surface area contributed by atoms with E-state index in [1.807, 2.05) is 0 Å².